The predicted molar refractivity (Wildman–Crippen MR) is 85.3 cm³/mol. The lowest BCUT2D eigenvalue weighted by Gasteiger charge is -2.11. The van der Waals surface area contributed by atoms with Gasteiger partial charge in [0.2, 0.25) is 5.91 Å². The molecule has 0 fully saturated rings. The number of benzene rings is 2. The Morgan fingerprint density at radius 1 is 1.09 bits per heavy atom. The first kappa shape index (κ1) is 16.4. The third-order valence-electron chi connectivity index (χ3n) is 3.27. The van der Waals surface area contributed by atoms with Crippen LogP contribution in [0.4, 0.5) is 5.69 Å². The molecule has 1 amide bonds. The Bertz CT molecular complexity index is 727. The van der Waals surface area contributed by atoms with Gasteiger partial charge in [-0.3, -0.25) is 4.79 Å². The van der Waals surface area contributed by atoms with E-state index in [2.05, 4.69) is 5.32 Å². The summed E-state index contributed by atoms with van der Waals surface area (Å²) in [5, 5.41) is 11.9. The Morgan fingerprint density at radius 2 is 1.83 bits per heavy atom. The number of para-hydroxylation sites is 1. The smallest absolute Gasteiger partial charge is 0.337 e. The Balaban J connectivity index is 2.18. The van der Waals surface area contributed by atoms with Gasteiger partial charge >= 0.3 is 5.97 Å². The van der Waals surface area contributed by atoms with Gasteiger partial charge < -0.3 is 19.9 Å². The number of anilines is 1. The molecule has 0 unspecified atom stereocenters. The van der Waals surface area contributed by atoms with Crippen LogP contribution in [0.3, 0.4) is 0 Å². The number of hydrogen-bond donors (Lipinski definition) is 2. The van der Waals surface area contributed by atoms with E-state index in [0.717, 1.165) is 5.56 Å². The first-order chi connectivity index (χ1) is 11.0. The van der Waals surface area contributed by atoms with E-state index in [1.165, 1.54) is 26.4 Å². The fraction of sp³-hybridized carbons (Fsp3) is 0.176. The van der Waals surface area contributed by atoms with E-state index in [-0.39, 0.29) is 23.6 Å². The molecule has 2 aromatic rings. The van der Waals surface area contributed by atoms with E-state index in [0.29, 0.717) is 11.5 Å². The molecule has 120 valence electrons. The zero-order valence-electron chi connectivity index (χ0n) is 12.8. The van der Waals surface area contributed by atoms with Crippen LogP contribution in [-0.2, 0) is 11.2 Å². The Morgan fingerprint density at radius 3 is 2.48 bits per heavy atom. The van der Waals surface area contributed by atoms with Gasteiger partial charge in [0.05, 0.1) is 31.9 Å². The molecule has 0 heterocycles. The van der Waals surface area contributed by atoms with Crippen molar-refractivity contribution in [3.63, 3.8) is 0 Å². The second-order valence-corrected chi connectivity index (χ2v) is 4.75. The van der Waals surface area contributed by atoms with Crippen LogP contribution in [0.2, 0.25) is 0 Å². The summed E-state index contributed by atoms with van der Waals surface area (Å²) < 4.78 is 10.2. The lowest BCUT2D eigenvalue weighted by molar-refractivity contribution is -0.115. The lowest BCUT2D eigenvalue weighted by atomic mass is 10.1. The number of carbonyl (C=O) groups excluding carboxylic acids is 1. The van der Waals surface area contributed by atoms with Crippen LogP contribution in [0.15, 0.2) is 42.5 Å². The minimum Gasteiger partial charge on any atom is -0.497 e. The molecular formula is C17H17NO5. The fourth-order valence-corrected chi connectivity index (χ4v) is 2.15. The molecule has 23 heavy (non-hydrogen) atoms. The number of hydrogen-bond acceptors (Lipinski definition) is 4. The molecule has 6 heteroatoms. The van der Waals surface area contributed by atoms with Crippen molar-refractivity contribution in [2.45, 2.75) is 6.42 Å². The average Bonchev–Trinajstić information content (AvgIpc) is 2.55. The summed E-state index contributed by atoms with van der Waals surface area (Å²) in [7, 11) is 2.98. The van der Waals surface area contributed by atoms with Crippen molar-refractivity contribution < 1.29 is 24.2 Å². The van der Waals surface area contributed by atoms with Gasteiger partial charge in [0.1, 0.15) is 11.5 Å². The van der Waals surface area contributed by atoms with Crippen molar-refractivity contribution in [1.82, 2.24) is 0 Å². The first-order valence-corrected chi connectivity index (χ1v) is 6.88. The maximum atomic E-state index is 12.2. The molecule has 0 spiro atoms. The number of carboxylic acid groups (broad SMARTS) is 1. The summed E-state index contributed by atoms with van der Waals surface area (Å²) in [4.78, 5) is 23.5. The highest BCUT2D eigenvalue weighted by Crippen LogP contribution is 2.23. The molecule has 0 saturated heterocycles. The molecule has 0 aliphatic carbocycles. The van der Waals surface area contributed by atoms with Crippen LogP contribution in [-0.4, -0.2) is 31.2 Å². The fourth-order valence-electron chi connectivity index (χ4n) is 2.15. The Hall–Kier alpha value is -3.02. The topological polar surface area (TPSA) is 84.9 Å². The molecule has 0 atom stereocenters. The van der Waals surface area contributed by atoms with E-state index in [1.54, 1.807) is 24.3 Å². The minimum atomic E-state index is -1.14. The highest BCUT2D eigenvalue weighted by atomic mass is 16.5. The van der Waals surface area contributed by atoms with Gasteiger partial charge in [-0.25, -0.2) is 4.79 Å². The second kappa shape index (κ2) is 7.31. The van der Waals surface area contributed by atoms with Gasteiger partial charge in [-0.1, -0.05) is 18.2 Å². The minimum absolute atomic E-state index is 0.0299. The maximum Gasteiger partial charge on any atom is 0.337 e. The third-order valence-corrected chi connectivity index (χ3v) is 3.27. The second-order valence-electron chi connectivity index (χ2n) is 4.75. The van der Waals surface area contributed by atoms with Crippen molar-refractivity contribution in [3.05, 3.63) is 53.6 Å². The highest BCUT2D eigenvalue weighted by Gasteiger charge is 2.15. The normalized spacial score (nSPS) is 10.0. The quantitative estimate of drug-likeness (QED) is 0.856. The van der Waals surface area contributed by atoms with Crippen LogP contribution in [0.5, 0.6) is 11.5 Å². The lowest BCUT2D eigenvalue weighted by Crippen LogP contribution is -2.17. The van der Waals surface area contributed by atoms with Gasteiger partial charge in [-0.15, -0.1) is 0 Å². The maximum absolute atomic E-state index is 12.2. The standard InChI is InChI=1S/C17H17NO5/c1-22-12-7-8-14(13(10-12)17(20)21)18-16(19)9-11-5-3-4-6-15(11)23-2/h3-8,10H,9H2,1-2H3,(H,18,19)(H,20,21). The number of carbonyl (C=O) groups is 2. The van der Waals surface area contributed by atoms with Crippen molar-refractivity contribution in [2.75, 3.05) is 19.5 Å². The van der Waals surface area contributed by atoms with Crippen LogP contribution < -0.4 is 14.8 Å². The zero-order valence-corrected chi connectivity index (χ0v) is 12.8. The van der Waals surface area contributed by atoms with Crippen molar-refractivity contribution in [3.8, 4) is 11.5 Å². The van der Waals surface area contributed by atoms with Crippen LogP contribution in [0.1, 0.15) is 15.9 Å². The van der Waals surface area contributed by atoms with E-state index >= 15 is 0 Å². The van der Waals surface area contributed by atoms with Crippen molar-refractivity contribution in [2.24, 2.45) is 0 Å². The number of carboxylic acids is 1. The van der Waals surface area contributed by atoms with Crippen molar-refractivity contribution >= 4 is 17.6 Å². The number of ether oxygens (including phenoxy) is 2. The summed E-state index contributed by atoms with van der Waals surface area (Å²) in [6, 6.07) is 11.6. The number of aromatic carboxylic acids is 1. The number of amides is 1. The Labute approximate surface area is 133 Å². The molecule has 0 aliphatic heterocycles. The van der Waals surface area contributed by atoms with Crippen LogP contribution in [0.25, 0.3) is 0 Å². The third kappa shape index (κ3) is 4.00. The number of rotatable bonds is 6. The van der Waals surface area contributed by atoms with E-state index in [1.807, 2.05) is 6.07 Å². The van der Waals surface area contributed by atoms with E-state index < -0.39 is 5.97 Å². The molecule has 0 saturated carbocycles. The summed E-state index contributed by atoms with van der Waals surface area (Å²) in [5.41, 5.74) is 0.911. The summed E-state index contributed by atoms with van der Waals surface area (Å²) in [5.74, 6) is -0.459. The number of nitrogens with one attached hydrogen (secondary N) is 1. The molecule has 6 nitrogen and oxygen atoms in total. The molecule has 2 aromatic carbocycles. The van der Waals surface area contributed by atoms with Crippen LogP contribution >= 0.6 is 0 Å². The Kier molecular flexibility index (Phi) is 5.19. The van der Waals surface area contributed by atoms with E-state index in [9.17, 15) is 14.7 Å². The monoisotopic (exact) mass is 315 g/mol. The van der Waals surface area contributed by atoms with Gasteiger partial charge in [0.15, 0.2) is 0 Å². The van der Waals surface area contributed by atoms with Gasteiger partial charge in [0.25, 0.3) is 0 Å². The average molecular weight is 315 g/mol. The molecule has 0 radical (unpaired) electrons. The molecule has 0 bridgehead atoms. The summed E-state index contributed by atoms with van der Waals surface area (Å²) in [6.07, 6.45) is 0.0785. The number of methoxy groups -OCH3 is 2. The van der Waals surface area contributed by atoms with Gasteiger partial charge in [-0.05, 0) is 24.3 Å². The van der Waals surface area contributed by atoms with Crippen molar-refractivity contribution in [1.29, 1.82) is 0 Å². The SMILES string of the molecule is COc1ccc(NC(=O)Cc2ccccc2OC)c(C(=O)O)c1. The molecule has 0 aromatic heterocycles. The van der Waals surface area contributed by atoms with Gasteiger partial charge in [0, 0.05) is 5.56 Å². The largest absolute Gasteiger partial charge is 0.497 e. The molecule has 2 N–H and O–H groups in total. The molecular weight excluding hydrogens is 298 g/mol. The molecule has 2 rings (SSSR count). The van der Waals surface area contributed by atoms with E-state index in [4.69, 9.17) is 9.47 Å². The summed E-state index contributed by atoms with van der Waals surface area (Å²) >= 11 is 0. The molecule has 0 aliphatic rings. The predicted octanol–water partition coefficient (Wildman–Crippen LogP) is 2.58. The zero-order chi connectivity index (χ0) is 16.8. The van der Waals surface area contributed by atoms with Crippen LogP contribution in [0, 0.1) is 0 Å². The van der Waals surface area contributed by atoms with Gasteiger partial charge in [-0.2, -0.15) is 0 Å². The first-order valence-electron chi connectivity index (χ1n) is 6.88. The summed E-state index contributed by atoms with van der Waals surface area (Å²) in [6.45, 7) is 0. The highest BCUT2D eigenvalue weighted by molar-refractivity contribution is 6.01.